The maximum Gasteiger partial charge on any atom is 0.333 e. The normalized spacial score (nSPS) is 36.0. The van der Waals surface area contributed by atoms with Crippen LogP contribution >= 0.6 is 11.8 Å². The van der Waals surface area contributed by atoms with Crippen molar-refractivity contribution in [3.05, 3.63) is 75.4 Å². The van der Waals surface area contributed by atoms with Crippen LogP contribution in [0.1, 0.15) is 73.4 Å². The van der Waals surface area contributed by atoms with Crippen LogP contribution in [0.15, 0.2) is 47.4 Å². The molecule has 2 aromatic carbocycles. The van der Waals surface area contributed by atoms with E-state index in [1.54, 1.807) is 7.11 Å². The second-order valence-corrected chi connectivity index (χ2v) is 18.7. The monoisotopic (exact) mass is 812 g/mol. The van der Waals surface area contributed by atoms with Gasteiger partial charge in [-0.05, 0) is 57.4 Å². The lowest BCUT2D eigenvalue weighted by atomic mass is 9.63. The number of piperazine rings is 1. The lowest BCUT2D eigenvalue weighted by Crippen LogP contribution is -2.72. The Labute approximate surface area is 339 Å². The summed E-state index contributed by atoms with van der Waals surface area (Å²) in [7, 11) is 3.69. The van der Waals surface area contributed by atoms with Crippen LogP contribution < -0.4 is 19.5 Å². The number of aliphatic carboxylic acids is 1. The predicted octanol–water partition coefficient (Wildman–Crippen LogP) is 5.16. The second-order valence-electron chi connectivity index (χ2n) is 17.5. The number of fused-ring (bicyclic) bond motifs is 8. The minimum Gasteiger partial charge on any atom is -0.508 e. The van der Waals surface area contributed by atoms with E-state index in [9.17, 15) is 19.8 Å². The zero-order chi connectivity index (χ0) is 40.8. The highest BCUT2D eigenvalue weighted by molar-refractivity contribution is 7.99. The van der Waals surface area contributed by atoms with Gasteiger partial charge in [-0.2, -0.15) is 0 Å². The van der Waals surface area contributed by atoms with Crippen LogP contribution in [0.5, 0.6) is 17.2 Å². The summed E-state index contributed by atoms with van der Waals surface area (Å²) in [4.78, 5) is 49.4. The number of carboxylic acid groups (broad SMARTS) is 1. The highest BCUT2D eigenvalue weighted by Gasteiger charge is 2.68. The molecule has 1 aromatic heterocycles. The molecule has 9 aliphatic rings. The molecule has 5 unspecified atom stereocenters. The maximum absolute atomic E-state index is 15.1. The molecule has 4 N–H and O–H groups in total. The zero-order valence-electron chi connectivity index (χ0n) is 33.6. The van der Waals surface area contributed by atoms with Gasteiger partial charge in [0, 0.05) is 70.9 Å². The first-order valence-corrected chi connectivity index (χ1v) is 20.9. The predicted molar refractivity (Wildman–Crippen MR) is 213 cm³/mol. The van der Waals surface area contributed by atoms with Crippen molar-refractivity contribution in [2.75, 3.05) is 39.9 Å². The molecular formula is C43H48N4O10S. The molecule has 0 amide bonds. The fraction of sp³-hybridized carbons (Fsp3) is 0.512. The Morgan fingerprint density at radius 1 is 1.09 bits per heavy atom. The van der Waals surface area contributed by atoms with Crippen LogP contribution in [0.2, 0.25) is 0 Å². The summed E-state index contributed by atoms with van der Waals surface area (Å²) in [6.45, 7) is 10.1. The molecule has 14 nitrogen and oxygen atoms in total. The number of benzene rings is 2. The summed E-state index contributed by atoms with van der Waals surface area (Å²) in [6, 6.07) is 5.25. The Balaban J connectivity index is 1.26. The van der Waals surface area contributed by atoms with E-state index in [1.165, 1.54) is 18.7 Å². The minimum atomic E-state index is -1.60. The van der Waals surface area contributed by atoms with Gasteiger partial charge in [0.25, 0.3) is 0 Å². The summed E-state index contributed by atoms with van der Waals surface area (Å²) in [5.74, 6) is -0.183. The standard InChI is InChI=1S/C43H48N4O10S/c1-19-12-22-14-41(4)16-46(6)37(42(22,5)38(49)31(19)53-7)30-35-29-28(34-33(55-18-56-34)20(2)32(29)57-21(3)48)27(47(30)41)15-54-40(52)43(17-58-35)36-24(13-26(45-43)39(50)51)23-10-8-9-11-25(23)44-36/h8-12,22,26-27,30,35,37,44-45,49H,13-18H2,1-7H3,(H,50,51)/t22?,26-,27-,30-,35+,37?,41?,42?,43+/m0/s1. The molecule has 0 radical (unpaired) electrons. The Kier molecular flexibility index (Phi) is 8.19. The largest absolute Gasteiger partial charge is 0.508 e. The highest BCUT2D eigenvalue weighted by atomic mass is 32.2. The van der Waals surface area contributed by atoms with E-state index in [1.807, 2.05) is 38.1 Å². The van der Waals surface area contributed by atoms with Crippen molar-refractivity contribution in [3.63, 3.8) is 0 Å². The number of aromatic amines is 1. The minimum absolute atomic E-state index is 0.0298. The average molecular weight is 813 g/mol. The quantitative estimate of drug-likeness (QED) is 0.202. The Hall–Kier alpha value is -4.70. The van der Waals surface area contributed by atoms with Gasteiger partial charge in [0.05, 0.1) is 29.5 Å². The number of likely N-dealkylation sites (N-methyl/N-ethyl adjacent to an activating group) is 1. The number of aliphatic hydroxyl groups excluding tert-OH is 1. The van der Waals surface area contributed by atoms with E-state index in [0.29, 0.717) is 47.2 Å². The Bertz CT molecular complexity index is 2410. The smallest absolute Gasteiger partial charge is 0.333 e. The third-order valence-corrected chi connectivity index (χ3v) is 15.7. The van der Waals surface area contributed by atoms with Gasteiger partial charge >= 0.3 is 17.9 Å². The van der Waals surface area contributed by atoms with E-state index in [0.717, 1.165) is 33.2 Å². The second kappa shape index (κ2) is 12.7. The highest BCUT2D eigenvalue weighted by Crippen LogP contribution is 2.67. The first-order chi connectivity index (χ1) is 27.6. The number of allylic oxidation sites excluding steroid dienone is 2. The van der Waals surface area contributed by atoms with Crippen molar-refractivity contribution in [3.8, 4) is 17.2 Å². The Morgan fingerprint density at radius 3 is 2.59 bits per heavy atom. The summed E-state index contributed by atoms with van der Waals surface area (Å²) in [5.41, 5.74) is 2.12. The van der Waals surface area contributed by atoms with E-state index in [2.05, 4.69) is 47.1 Å². The zero-order valence-corrected chi connectivity index (χ0v) is 34.4. The molecule has 4 bridgehead atoms. The van der Waals surface area contributed by atoms with Crippen molar-refractivity contribution in [2.45, 2.75) is 88.0 Å². The van der Waals surface area contributed by atoms with Crippen molar-refractivity contribution in [1.29, 1.82) is 0 Å². The fourth-order valence-electron chi connectivity index (χ4n) is 12.1. The number of ether oxygens (including phenoxy) is 5. The number of esters is 2. The van der Waals surface area contributed by atoms with Crippen LogP contribution in [0.25, 0.3) is 10.9 Å². The lowest BCUT2D eigenvalue weighted by molar-refractivity contribution is -0.161. The van der Waals surface area contributed by atoms with E-state index in [-0.39, 0.29) is 49.3 Å². The number of methoxy groups -OCH3 is 1. The first-order valence-electron chi connectivity index (χ1n) is 19.8. The number of rotatable bonds is 3. The molecule has 3 aromatic rings. The molecule has 58 heavy (non-hydrogen) atoms. The van der Waals surface area contributed by atoms with Gasteiger partial charge in [0.15, 0.2) is 22.8 Å². The SMILES string of the molecule is COC1=C(O)C2(C)C(C=C1C)CC1(C)CN(C)C2[C@@H]2[C@@H]3SC[C@]4(N[C@H](C(=O)O)Cc5c4[nH]c4ccccc54)C(=O)OC[C@@H](c4c5c(c(C)c(OC(C)=O)c43)OCO5)N21. The van der Waals surface area contributed by atoms with Gasteiger partial charge in [-0.15, -0.1) is 11.8 Å². The van der Waals surface area contributed by atoms with Gasteiger partial charge in [0.2, 0.25) is 6.79 Å². The van der Waals surface area contributed by atoms with Gasteiger partial charge in [-0.1, -0.05) is 31.2 Å². The van der Waals surface area contributed by atoms with Crippen molar-refractivity contribution < 1.29 is 48.3 Å². The number of nitrogens with zero attached hydrogens (tertiary/aromatic N) is 2. The number of H-pyrrole nitrogens is 1. The number of para-hydroxylation sites is 1. The van der Waals surface area contributed by atoms with Gasteiger partial charge in [0.1, 0.15) is 24.2 Å². The Morgan fingerprint density at radius 2 is 1.84 bits per heavy atom. The van der Waals surface area contributed by atoms with Crippen LogP contribution in [0.3, 0.4) is 0 Å². The topological polar surface area (TPSA) is 172 Å². The molecule has 1 spiro atoms. The molecule has 1 aliphatic carbocycles. The third-order valence-electron chi connectivity index (χ3n) is 14.3. The fourth-order valence-corrected chi connectivity index (χ4v) is 13.8. The molecule has 9 heterocycles. The van der Waals surface area contributed by atoms with E-state index >= 15 is 4.79 Å². The number of aromatic nitrogens is 1. The molecule has 306 valence electrons. The molecule has 10 atom stereocenters. The first kappa shape index (κ1) is 37.6. The summed E-state index contributed by atoms with van der Waals surface area (Å²) in [5, 5.41) is 26.7. The molecule has 8 aliphatic heterocycles. The number of carbonyl (C=O) groups is 3. The summed E-state index contributed by atoms with van der Waals surface area (Å²) < 4.78 is 31.1. The summed E-state index contributed by atoms with van der Waals surface area (Å²) >= 11 is 1.50. The average Bonchev–Trinajstić information content (AvgIpc) is 3.79. The molecule has 4 fully saturated rings. The maximum atomic E-state index is 15.1. The van der Waals surface area contributed by atoms with E-state index < -0.39 is 51.7 Å². The molecule has 15 heteroatoms. The van der Waals surface area contributed by atoms with Crippen molar-refractivity contribution in [1.82, 2.24) is 20.1 Å². The number of carbonyl (C=O) groups excluding carboxylic acids is 2. The van der Waals surface area contributed by atoms with Crippen LogP contribution in [0, 0.1) is 18.3 Å². The van der Waals surface area contributed by atoms with Gasteiger partial charge < -0.3 is 38.9 Å². The van der Waals surface area contributed by atoms with Crippen molar-refractivity contribution in [2.24, 2.45) is 11.3 Å². The van der Waals surface area contributed by atoms with Gasteiger partial charge in [-0.25, -0.2) is 4.79 Å². The molecule has 0 saturated carbocycles. The summed E-state index contributed by atoms with van der Waals surface area (Å²) in [6.07, 6.45) is 3.07. The molecule has 4 saturated heterocycles. The van der Waals surface area contributed by atoms with Gasteiger partial charge in [-0.3, -0.25) is 24.7 Å². The lowest BCUT2D eigenvalue weighted by Gasteiger charge is -2.63. The number of carboxylic acids is 1. The molecular weight excluding hydrogens is 765 g/mol. The van der Waals surface area contributed by atoms with Crippen LogP contribution in [-0.2, 0) is 35.8 Å². The number of nitrogens with one attached hydrogen (secondary N) is 2. The third kappa shape index (κ3) is 4.81. The van der Waals surface area contributed by atoms with Crippen LogP contribution in [-0.4, -0.2) is 106 Å². The van der Waals surface area contributed by atoms with E-state index in [4.69, 9.17) is 23.7 Å². The molecule has 12 rings (SSSR count). The number of aliphatic hydroxyl groups is 1. The number of thioether (sulfide) groups is 1. The van der Waals surface area contributed by atoms with Crippen molar-refractivity contribution >= 4 is 40.6 Å². The number of hydrogen-bond donors (Lipinski definition) is 4. The van der Waals surface area contributed by atoms with Crippen LogP contribution in [0.4, 0.5) is 0 Å². The number of hydrogen-bond acceptors (Lipinski definition) is 13.